The average Bonchev–Trinajstić information content (AvgIpc) is 3.34. The minimum atomic E-state index is -0.759. The van der Waals surface area contributed by atoms with Crippen molar-refractivity contribution in [1.29, 1.82) is 0 Å². The molecule has 35 heavy (non-hydrogen) atoms. The normalized spacial score (nSPS) is 21.0. The van der Waals surface area contributed by atoms with Crippen LogP contribution in [0.1, 0.15) is 49.9 Å². The minimum Gasteiger partial charge on any atom is -0.507 e. The van der Waals surface area contributed by atoms with Crippen LogP contribution in [0.3, 0.4) is 0 Å². The number of hydrogen-bond acceptors (Lipinski definition) is 5. The van der Waals surface area contributed by atoms with Crippen molar-refractivity contribution in [1.82, 2.24) is 9.80 Å². The first-order valence-electron chi connectivity index (χ1n) is 12.0. The highest BCUT2D eigenvalue weighted by Gasteiger charge is 2.46. The molecule has 0 saturated carbocycles. The largest absolute Gasteiger partial charge is 0.507 e. The monoisotopic (exact) mass is 516 g/mol. The zero-order valence-corrected chi connectivity index (χ0v) is 21.7. The third kappa shape index (κ3) is 5.06. The van der Waals surface area contributed by atoms with E-state index >= 15 is 0 Å². The zero-order chi connectivity index (χ0) is 25.3. The van der Waals surface area contributed by atoms with Gasteiger partial charge >= 0.3 is 0 Å². The Morgan fingerprint density at radius 1 is 1.11 bits per heavy atom. The maximum atomic E-state index is 13.3. The number of benzene rings is 2. The number of ether oxygens (including phenoxy) is 1. The molecule has 0 aromatic heterocycles. The maximum Gasteiger partial charge on any atom is 0.295 e. The lowest BCUT2D eigenvalue weighted by molar-refractivity contribution is -0.140. The molecule has 6 nitrogen and oxygen atoms in total. The van der Waals surface area contributed by atoms with E-state index in [4.69, 9.17) is 27.9 Å². The first-order chi connectivity index (χ1) is 16.7. The van der Waals surface area contributed by atoms with Crippen molar-refractivity contribution in [2.24, 2.45) is 0 Å². The summed E-state index contributed by atoms with van der Waals surface area (Å²) in [6.07, 6.45) is 1.46. The molecule has 2 aromatic carbocycles. The molecule has 2 atom stereocenters. The van der Waals surface area contributed by atoms with Crippen molar-refractivity contribution in [2.45, 2.75) is 45.8 Å². The number of ketones is 1. The van der Waals surface area contributed by atoms with Gasteiger partial charge in [-0.3, -0.25) is 9.59 Å². The highest BCUT2D eigenvalue weighted by Crippen LogP contribution is 2.42. The van der Waals surface area contributed by atoms with E-state index in [2.05, 4.69) is 18.7 Å². The topological polar surface area (TPSA) is 70.1 Å². The SMILES string of the molecule is CCN(CC)CCCN1C(=O)C(=O)/C(=C(/O)c2ccc3c(c2)C[C@@H](C)O3)[C@H]1c1ccc(Cl)c(Cl)c1. The first-order valence-corrected chi connectivity index (χ1v) is 12.8. The molecule has 1 saturated heterocycles. The lowest BCUT2D eigenvalue weighted by Crippen LogP contribution is -2.33. The van der Waals surface area contributed by atoms with Crippen LogP contribution < -0.4 is 4.74 Å². The Bertz CT molecular complexity index is 1180. The summed E-state index contributed by atoms with van der Waals surface area (Å²) in [7, 11) is 0. The predicted molar refractivity (Wildman–Crippen MR) is 138 cm³/mol. The number of hydrogen-bond donors (Lipinski definition) is 1. The number of rotatable bonds is 8. The number of carbonyl (C=O) groups excluding carboxylic acids is 2. The van der Waals surface area contributed by atoms with Crippen molar-refractivity contribution in [3.8, 4) is 5.75 Å². The Hall–Kier alpha value is -2.54. The molecule has 2 aliphatic rings. The fourth-order valence-corrected chi connectivity index (χ4v) is 5.18. The molecule has 2 aliphatic heterocycles. The number of nitrogens with zero attached hydrogens (tertiary/aromatic N) is 2. The molecule has 0 bridgehead atoms. The molecule has 1 N–H and O–H groups in total. The van der Waals surface area contributed by atoms with Gasteiger partial charge in [-0.25, -0.2) is 0 Å². The van der Waals surface area contributed by atoms with Gasteiger partial charge in [0.15, 0.2) is 0 Å². The molecular formula is C27H30Cl2N2O4. The van der Waals surface area contributed by atoms with Crippen LogP contribution in [-0.4, -0.2) is 58.9 Å². The van der Waals surface area contributed by atoms with Gasteiger partial charge in [-0.05, 0) is 74.4 Å². The number of likely N-dealkylation sites (tertiary alicyclic amines) is 1. The molecule has 0 unspecified atom stereocenters. The number of aliphatic hydroxyl groups excluding tert-OH is 1. The van der Waals surface area contributed by atoms with Crippen LogP contribution in [0.25, 0.3) is 5.76 Å². The van der Waals surface area contributed by atoms with Crippen molar-refractivity contribution in [3.05, 3.63) is 68.7 Å². The molecular weight excluding hydrogens is 487 g/mol. The lowest BCUT2D eigenvalue weighted by Gasteiger charge is -2.27. The van der Waals surface area contributed by atoms with Crippen molar-refractivity contribution in [3.63, 3.8) is 0 Å². The molecule has 8 heteroatoms. The van der Waals surface area contributed by atoms with Crippen LogP contribution >= 0.6 is 23.2 Å². The van der Waals surface area contributed by atoms with Crippen LogP contribution in [0.5, 0.6) is 5.75 Å². The maximum absolute atomic E-state index is 13.3. The van der Waals surface area contributed by atoms with Gasteiger partial charge in [-0.1, -0.05) is 43.1 Å². The highest BCUT2D eigenvalue weighted by molar-refractivity contribution is 6.46. The van der Waals surface area contributed by atoms with Crippen LogP contribution in [0.15, 0.2) is 42.0 Å². The molecule has 1 amide bonds. The number of amides is 1. The molecule has 0 spiro atoms. The standard InChI is InChI=1S/C27H30Cl2N2O4/c1-4-30(5-2)11-6-12-31-24(17-7-9-20(28)21(29)15-17)23(26(33)27(31)34)25(32)18-8-10-22-19(14-18)13-16(3)35-22/h7-10,14-16,24,32H,4-6,11-13H2,1-3H3/b25-23+/t16-,24-/m1/s1. The summed E-state index contributed by atoms with van der Waals surface area (Å²) < 4.78 is 5.76. The molecule has 2 aromatic rings. The fraction of sp³-hybridized carbons (Fsp3) is 0.407. The Labute approximate surface area is 216 Å². The number of fused-ring (bicyclic) bond motifs is 1. The van der Waals surface area contributed by atoms with E-state index < -0.39 is 17.7 Å². The van der Waals surface area contributed by atoms with E-state index in [9.17, 15) is 14.7 Å². The molecule has 0 radical (unpaired) electrons. The second kappa shape index (κ2) is 10.6. The van der Waals surface area contributed by atoms with Crippen molar-refractivity contribution in [2.75, 3.05) is 26.2 Å². The number of Topliss-reactive ketones (excluding diaryl/α,β-unsaturated/α-hetero) is 1. The van der Waals surface area contributed by atoms with Gasteiger partial charge in [0.25, 0.3) is 11.7 Å². The fourth-order valence-electron chi connectivity index (χ4n) is 4.87. The summed E-state index contributed by atoms with van der Waals surface area (Å²) >= 11 is 12.4. The van der Waals surface area contributed by atoms with Gasteiger partial charge in [0.05, 0.1) is 21.7 Å². The summed E-state index contributed by atoms with van der Waals surface area (Å²) in [5.74, 6) is -0.758. The summed E-state index contributed by atoms with van der Waals surface area (Å²) in [4.78, 5) is 30.2. The Balaban J connectivity index is 1.75. The molecule has 1 fully saturated rings. The van der Waals surface area contributed by atoms with Gasteiger partial charge in [-0.15, -0.1) is 0 Å². The summed E-state index contributed by atoms with van der Waals surface area (Å²) in [5, 5.41) is 12.0. The number of carbonyl (C=O) groups is 2. The van der Waals surface area contributed by atoms with Gasteiger partial charge in [0, 0.05) is 18.5 Å². The van der Waals surface area contributed by atoms with Crippen LogP contribution in [0, 0.1) is 0 Å². The van der Waals surface area contributed by atoms with E-state index in [0.717, 1.165) is 30.9 Å². The molecule has 2 heterocycles. The van der Waals surface area contributed by atoms with Crippen molar-refractivity contribution >= 4 is 40.7 Å². The minimum absolute atomic E-state index is 0.0509. The van der Waals surface area contributed by atoms with E-state index in [1.54, 1.807) is 30.3 Å². The Morgan fingerprint density at radius 3 is 2.54 bits per heavy atom. The van der Waals surface area contributed by atoms with E-state index in [-0.39, 0.29) is 17.4 Å². The first kappa shape index (κ1) is 25.5. The zero-order valence-electron chi connectivity index (χ0n) is 20.2. The summed E-state index contributed by atoms with van der Waals surface area (Å²) in [6.45, 7) is 9.15. The number of halogens is 2. The Morgan fingerprint density at radius 2 is 1.86 bits per heavy atom. The average molecular weight is 517 g/mol. The number of aliphatic hydroxyl groups is 1. The third-order valence-electron chi connectivity index (χ3n) is 6.74. The second-order valence-corrected chi connectivity index (χ2v) is 9.82. The van der Waals surface area contributed by atoms with Crippen LogP contribution in [-0.2, 0) is 16.0 Å². The predicted octanol–water partition coefficient (Wildman–Crippen LogP) is 5.47. The molecule has 0 aliphatic carbocycles. The van der Waals surface area contributed by atoms with Gasteiger partial charge < -0.3 is 19.6 Å². The van der Waals surface area contributed by atoms with Gasteiger partial charge in [-0.2, -0.15) is 0 Å². The summed E-state index contributed by atoms with van der Waals surface area (Å²) in [5.41, 5.74) is 2.12. The smallest absolute Gasteiger partial charge is 0.295 e. The van der Waals surface area contributed by atoms with Gasteiger partial charge in [0.1, 0.15) is 17.6 Å². The van der Waals surface area contributed by atoms with Gasteiger partial charge in [0.2, 0.25) is 0 Å². The lowest BCUT2D eigenvalue weighted by atomic mass is 9.94. The Kier molecular flexibility index (Phi) is 7.74. The van der Waals surface area contributed by atoms with E-state index in [1.165, 1.54) is 4.90 Å². The molecule has 186 valence electrons. The highest BCUT2D eigenvalue weighted by atomic mass is 35.5. The molecule has 4 rings (SSSR count). The van der Waals surface area contributed by atoms with Crippen LogP contribution in [0.2, 0.25) is 10.0 Å². The van der Waals surface area contributed by atoms with E-state index in [0.29, 0.717) is 40.6 Å². The van der Waals surface area contributed by atoms with Crippen LogP contribution in [0.4, 0.5) is 0 Å². The van der Waals surface area contributed by atoms with E-state index in [1.807, 2.05) is 13.0 Å². The third-order valence-corrected chi connectivity index (χ3v) is 7.48. The van der Waals surface area contributed by atoms with Crippen molar-refractivity contribution < 1.29 is 19.4 Å². The summed E-state index contributed by atoms with van der Waals surface area (Å²) in [6, 6.07) is 9.62. The second-order valence-electron chi connectivity index (χ2n) is 9.00. The quantitative estimate of drug-likeness (QED) is 0.286.